The molecule has 0 aliphatic carbocycles. The molecule has 0 unspecified atom stereocenters. The van der Waals surface area contributed by atoms with Gasteiger partial charge in [-0.1, -0.05) is 126 Å². The molecule has 0 N–H and O–H groups in total. The van der Waals surface area contributed by atoms with Gasteiger partial charge in [-0.15, -0.1) is 0 Å². The van der Waals surface area contributed by atoms with Crippen molar-refractivity contribution in [3.05, 3.63) is 175 Å². The maximum Gasteiger partial charge on any atom is 0.252 e. The van der Waals surface area contributed by atoms with Crippen LogP contribution in [0.5, 0.6) is 0 Å². The fraction of sp³-hybridized carbons (Fsp3) is 0.0455. The van der Waals surface area contributed by atoms with Gasteiger partial charge in [-0.05, 0) is 101 Å². The Morgan fingerprint density at radius 3 is 1.19 bits per heavy atom. The van der Waals surface area contributed by atoms with E-state index in [1.54, 1.807) is 0 Å². The zero-order chi connectivity index (χ0) is 31.5. The lowest BCUT2D eigenvalue weighted by atomic mass is 9.33. The van der Waals surface area contributed by atoms with E-state index in [2.05, 4.69) is 187 Å². The molecule has 0 fully saturated rings. The van der Waals surface area contributed by atoms with Gasteiger partial charge in [0.05, 0.1) is 0 Å². The van der Waals surface area contributed by atoms with E-state index in [1.165, 1.54) is 72.5 Å². The number of benzene rings is 7. The Kier molecular flexibility index (Phi) is 6.40. The quantitative estimate of drug-likeness (QED) is 0.186. The van der Waals surface area contributed by atoms with Gasteiger partial charge in [0.15, 0.2) is 0 Å². The predicted molar refractivity (Wildman–Crippen MR) is 201 cm³/mol. The van der Waals surface area contributed by atoms with Gasteiger partial charge in [0.2, 0.25) is 0 Å². The smallest absolute Gasteiger partial charge is 0.252 e. The first-order valence-corrected chi connectivity index (χ1v) is 16.4. The monoisotopic (exact) mass is 600 g/mol. The molecule has 2 aliphatic rings. The van der Waals surface area contributed by atoms with Crippen molar-refractivity contribution in [2.24, 2.45) is 0 Å². The molecule has 9 rings (SSSR count). The van der Waals surface area contributed by atoms with Crippen LogP contribution < -0.4 is 26.2 Å². The highest BCUT2D eigenvalue weighted by Crippen LogP contribution is 2.45. The van der Waals surface area contributed by atoms with Crippen molar-refractivity contribution in [1.82, 2.24) is 0 Å². The van der Waals surface area contributed by atoms with Crippen LogP contribution in [0.2, 0.25) is 0 Å². The molecule has 0 aromatic heterocycles. The summed E-state index contributed by atoms with van der Waals surface area (Å²) in [5.41, 5.74) is 18.6. The maximum absolute atomic E-state index is 2.47. The summed E-state index contributed by atoms with van der Waals surface area (Å²) in [5.74, 6) is 0. The first kappa shape index (κ1) is 27.5. The van der Waals surface area contributed by atoms with Crippen molar-refractivity contribution >= 4 is 57.2 Å². The lowest BCUT2D eigenvalue weighted by Gasteiger charge is -2.44. The van der Waals surface area contributed by atoms with Gasteiger partial charge in [-0.25, -0.2) is 0 Å². The number of fused-ring (bicyclic) bond motifs is 4. The van der Waals surface area contributed by atoms with E-state index < -0.39 is 0 Å². The molecular formula is C44H33BN2. The zero-order valence-electron chi connectivity index (χ0n) is 26.6. The minimum Gasteiger partial charge on any atom is -0.311 e. The number of aryl methyl sites for hydroxylation is 2. The molecule has 2 aliphatic heterocycles. The Hall–Kier alpha value is -5.80. The summed E-state index contributed by atoms with van der Waals surface area (Å²) in [7, 11) is 0. The van der Waals surface area contributed by atoms with Crippen LogP contribution in [0, 0.1) is 13.8 Å². The topological polar surface area (TPSA) is 6.48 Å². The van der Waals surface area contributed by atoms with Gasteiger partial charge < -0.3 is 9.80 Å². The largest absolute Gasteiger partial charge is 0.311 e. The van der Waals surface area contributed by atoms with E-state index in [0.29, 0.717) is 0 Å². The molecule has 222 valence electrons. The number of anilines is 6. The highest BCUT2D eigenvalue weighted by atomic mass is 15.2. The van der Waals surface area contributed by atoms with Crippen molar-refractivity contribution in [2.75, 3.05) is 9.80 Å². The van der Waals surface area contributed by atoms with Crippen molar-refractivity contribution in [3.8, 4) is 22.3 Å². The summed E-state index contributed by atoms with van der Waals surface area (Å²) < 4.78 is 0. The Morgan fingerprint density at radius 1 is 0.362 bits per heavy atom. The van der Waals surface area contributed by atoms with E-state index >= 15 is 0 Å². The number of nitrogens with zero attached hydrogens (tertiary/aromatic N) is 2. The molecule has 0 radical (unpaired) electrons. The third-order valence-electron chi connectivity index (χ3n) is 9.79. The van der Waals surface area contributed by atoms with E-state index in [9.17, 15) is 0 Å². The third kappa shape index (κ3) is 4.50. The fourth-order valence-electron chi connectivity index (χ4n) is 7.49. The van der Waals surface area contributed by atoms with Gasteiger partial charge in [-0.3, -0.25) is 0 Å². The average molecular weight is 601 g/mol. The Labute approximate surface area is 277 Å². The van der Waals surface area contributed by atoms with Crippen molar-refractivity contribution in [1.29, 1.82) is 0 Å². The predicted octanol–water partition coefficient (Wildman–Crippen LogP) is 9.72. The normalized spacial score (nSPS) is 12.8. The summed E-state index contributed by atoms with van der Waals surface area (Å²) in [4.78, 5) is 4.94. The lowest BCUT2D eigenvalue weighted by Crippen LogP contribution is -2.61. The van der Waals surface area contributed by atoms with Crippen LogP contribution in [0.25, 0.3) is 22.3 Å². The van der Waals surface area contributed by atoms with Crippen LogP contribution in [0.15, 0.2) is 164 Å². The summed E-state index contributed by atoms with van der Waals surface area (Å²) in [5, 5.41) is 0. The van der Waals surface area contributed by atoms with Crippen LogP contribution in [0.3, 0.4) is 0 Å². The van der Waals surface area contributed by atoms with Crippen molar-refractivity contribution in [3.63, 3.8) is 0 Å². The molecule has 2 nitrogen and oxygen atoms in total. The third-order valence-corrected chi connectivity index (χ3v) is 9.79. The number of hydrogen-bond donors (Lipinski definition) is 0. The molecule has 0 spiro atoms. The molecular weight excluding hydrogens is 567 g/mol. The Bertz CT molecular complexity index is 2100. The number of hydrogen-bond acceptors (Lipinski definition) is 2. The number of para-hydroxylation sites is 2. The average Bonchev–Trinajstić information content (AvgIpc) is 3.12. The summed E-state index contributed by atoms with van der Waals surface area (Å²) >= 11 is 0. The first-order valence-electron chi connectivity index (χ1n) is 16.4. The van der Waals surface area contributed by atoms with E-state index in [4.69, 9.17) is 0 Å². The van der Waals surface area contributed by atoms with E-state index in [0.717, 1.165) is 11.4 Å². The second kappa shape index (κ2) is 10.9. The molecule has 7 aromatic carbocycles. The standard InChI is InChI=1S/C44H33BN2/c1-30-16-20-32(21-17-30)34-24-26-38-42(28-34)46(36-10-5-3-6-11-36)40-14-9-15-41-44(40)45(38)39-27-25-35(33-22-18-31(2)19-23-33)29-43(39)47(41)37-12-7-4-8-13-37/h3-29H,1-2H3. The summed E-state index contributed by atoms with van der Waals surface area (Å²) in [6.07, 6.45) is 0. The molecule has 0 amide bonds. The molecule has 0 bridgehead atoms. The summed E-state index contributed by atoms with van der Waals surface area (Å²) in [6.45, 7) is 4.38. The summed E-state index contributed by atoms with van der Waals surface area (Å²) in [6, 6.07) is 60.4. The maximum atomic E-state index is 2.47. The van der Waals surface area contributed by atoms with Gasteiger partial charge in [0, 0.05) is 34.1 Å². The minimum absolute atomic E-state index is 0.0882. The van der Waals surface area contributed by atoms with Crippen molar-refractivity contribution < 1.29 is 0 Å². The van der Waals surface area contributed by atoms with Gasteiger partial charge in [-0.2, -0.15) is 0 Å². The van der Waals surface area contributed by atoms with Gasteiger partial charge in [0.25, 0.3) is 6.71 Å². The van der Waals surface area contributed by atoms with Crippen LogP contribution in [0.1, 0.15) is 11.1 Å². The molecule has 0 atom stereocenters. The number of rotatable bonds is 4. The molecule has 7 aromatic rings. The highest BCUT2D eigenvalue weighted by Gasteiger charge is 2.43. The minimum atomic E-state index is 0.0882. The Balaban J connectivity index is 1.32. The first-order chi connectivity index (χ1) is 23.1. The van der Waals surface area contributed by atoms with Crippen LogP contribution in [-0.2, 0) is 0 Å². The van der Waals surface area contributed by atoms with Crippen molar-refractivity contribution in [2.45, 2.75) is 13.8 Å². The van der Waals surface area contributed by atoms with Crippen LogP contribution in [-0.4, -0.2) is 6.71 Å². The molecule has 0 saturated carbocycles. The molecule has 2 heterocycles. The van der Waals surface area contributed by atoms with Crippen LogP contribution in [0.4, 0.5) is 34.1 Å². The van der Waals surface area contributed by atoms with E-state index in [1.807, 2.05) is 0 Å². The van der Waals surface area contributed by atoms with Gasteiger partial charge in [0.1, 0.15) is 0 Å². The SMILES string of the molecule is Cc1ccc(-c2ccc3c(c2)N(c2ccccc2)c2cccc4c2B3c2ccc(-c3ccc(C)cc3)cc2N4c2ccccc2)cc1. The lowest BCUT2D eigenvalue weighted by molar-refractivity contribution is 1.25. The molecule has 0 saturated heterocycles. The fourth-order valence-corrected chi connectivity index (χ4v) is 7.49. The molecule has 47 heavy (non-hydrogen) atoms. The second-order valence-corrected chi connectivity index (χ2v) is 12.8. The van der Waals surface area contributed by atoms with Gasteiger partial charge >= 0.3 is 0 Å². The highest BCUT2D eigenvalue weighted by molar-refractivity contribution is 7.00. The second-order valence-electron chi connectivity index (χ2n) is 12.8. The zero-order valence-corrected chi connectivity index (χ0v) is 26.6. The van der Waals surface area contributed by atoms with Crippen LogP contribution >= 0.6 is 0 Å². The molecule has 3 heteroatoms. The van der Waals surface area contributed by atoms with E-state index in [-0.39, 0.29) is 6.71 Å². The Morgan fingerprint density at radius 2 is 0.766 bits per heavy atom.